The van der Waals surface area contributed by atoms with Gasteiger partial charge < -0.3 is 19.5 Å². The number of hydrogen-bond acceptors (Lipinski definition) is 6. The minimum Gasteiger partial charge on any atom is -0.494 e. The molecular weight excluding hydrogens is 517 g/mol. The number of carbonyl (C=O) groups excluding carboxylic acids is 2. The zero-order valence-electron chi connectivity index (χ0n) is 20.4. The van der Waals surface area contributed by atoms with Crippen LogP contribution in [-0.4, -0.2) is 31.7 Å². The second-order valence-corrected chi connectivity index (χ2v) is 8.67. The van der Waals surface area contributed by atoms with Gasteiger partial charge in [0.05, 0.1) is 25.0 Å². The molecule has 0 aliphatic heterocycles. The highest BCUT2D eigenvalue weighted by Crippen LogP contribution is 2.36. The van der Waals surface area contributed by atoms with Crippen LogP contribution in [0.1, 0.15) is 30.9 Å². The van der Waals surface area contributed by atoms with Crippen molar-refractivity contribution in [3.05, 3.63) is 81.8 Å². The third kappa shape index (κ3) is 8.70. The van der Waals surface area contributed by atoms with Crippen LogP contribution in [-0.2, 0) is 16.2 Å². The Hall–Kier alpha value is -3.75. The molecule has 0 spiro atoms. The number of anilines is 1. The smallest absolute Gasteiger partial charge is 0.329 e. The van der Waals surface area contributed by atoms with E-state index in [1.54, 1.807) is 48.5 Å². The van der Waals surface area contributed by atoms with Gasteiger partial charge in [-0.1, -0.05) is 48.7 Å². The van der Waals surface area contributed by atoms with Crippen LogP contribution in [0, 0.1) is 0 Å². The van der Waals surface area contributed by atoms with Crippen molar-refractivity contribution >= 4 is 46.9 Å². The van der Waals surface area contributed by atoms with Crippen molar-refractivity contribution in [2.24, 2.45) is 5.10 Å². The summed E-state index contributed by atoms with van der Waals surface area (Å²) in [6, 6.07) is 17.2. The predicted molar refractivity (Wildman–Crippen MR) is 145 cm³/mol. The lowest BCUT2D eigenvalue weighted by Gasteiger charge is -2.13. The van der Waals surface area contributed by atoms with Crippen molar-refractivity contribution in [1.29, 1.82) is 0 Å². The molecule has 10 heteroatoms. The monoisotopic (exact) mass is 543 g/mol. The number of benzene rings is 3. The first kappa shape index (κ1) is 27.8. The van der Waals surface area contributed by atoms with Gasteiger partial charge in [0.2, 0.25) is 0 Å². The molecule has 3 aromatic rings. The van der Waals surface area contributed by atoms with Crippen LogP contribution in [0.5, 0.6) is 17.2 Å². The van der Waals surface area contributed by atoms with Gasteiger partial charge in [0, 0.05) is 10.7 Å². The molecular formula is C27H27Cl2N3O5. The van der Waals surface area contributed by atoms with Gasteiger partial charge in [-0.15, -0.1) is 0 Å². The average molecular weight is 544 g/mol. The van der Waals surface area contributed by atoms with Crippen LogP contribution in [0.3, 0.4) is 0 Å². The lowest BCUT2D eigenvalue weighted by Crippen LogP contribution is -2.32. The summed E-state index contributed by atoms with van der Waals surface area (Å²) >= 11 is 12.3. The summed E-state index contributed by atoms with van der Waals surface area (Å²) < 4.78 is 16.8. The van der Waals surface area contributed by atoms with Crippen molar-refractivity contribution in [2.45, 2.75) is 26.4 Å². The third-order valence-electron chi connectivity index (χ3n) is 5.01. The molecule has 0 fully saturated rings. The number of nitrogens with zero attached hydrogens (tertiary/aromatic N) is 1. The average Bonchev–Trinajstić information content (AvgIpc) is 2.89. The minimum absolute atomic E-state index is 0.264. The van der Waals surface area contributed by atoms with Crippen molar-refractivity contribution < 1.29 is 23.8 Å². The highest BCUT2D eigenvalue weighted by Gasteiger charge is 2.14. The van der Waals surface area contributed by atoms with Crippen LogP contribution in [0.25, 0.3) is 0 Å². The Kier molecular flexibility index (Phi) is 10.6. The summed E-state index contributed by atoms with van der Waals surface area (Å²) in [5.41, 5.74) is 4.08. The molecule has 2 amide bonds. The molecule has 0 atom stereocenters. The van der Waals surface area contributed by atoms with Crippen molar-refractivity contribution in [2.75, 3.05) is 19.0 Å². The first-order valence-electron chi connectivity index (χ1n) is 11.5. The van der Waals surface area contributed by atoms with E-state index < -0.39 is 11.8 Å². The lowest BCUT2D eigenvalue weighted by molar-refractivity contribution is -0.136. The summed E-state index contributed by atoms with van der Waals surface area (Å²) in [7, 11) is 1.48. The first-order valence-corrected chi connectivity index (χ1v) is 12.3. The Labute approximate surface area is 225 Å². The molecule has 3 aromatic carbocycles. The topological polar surface area (TPSA) is 98.2 Å². The number of hydrazone groups is 1. The molecule has 0 radical (unpaired) electrons. The molecule has 0 heterocycles. The number of amides is 2. The zero-order valence-corrected chi connectivity index (χ0v) is 21.9. The van der Waals surface area contributed by atoms with Gasteiger partial charge in [-0.3, -0.25) is 9.59 Å². The Morgan fingerprint density at radius 2 is 1.70 bits per heavy atom. The summed E-state index contributed by atoms with van der Waals surface area (Å²) in [6.45, 7) is 2.97. The fraction of sp³-hybridized carbons (Fsp3) is 0.222. The standard InChI is InChI=1S/C27H27Cl2N3O5/c1-3-4-13-36-22-11-9-21(10-12-22)31-26(33)27(34)32-30-16-19-14-23(29)25(24(15-19)35-2)37-17-18-5-7-20(28)8-6-18/h5-12,14-16H,3-4,13,17H2,1-2H3,(H,31,33)(H,32,34)/b30-16-. The predicted octanol–water partition coefficient (Wildman–Crippen LogP) is 5.85. The highest BCUT2D eigenvalue weighted by atomic mass is 35.5. The van der Waals surface area contributed by atoms with Crippen LogP contribution < -0.4 is 25.0 Å². The van der Waals surface area contributed by atoms with E-state index in [1.807, 2.05) is 12.1 Å². The molecule has 3 rings (SSSR count). The van der Waals surface area contributed by atoms with E-state index >= 15 is 0 Å². The first-order chi connectivity index (χ1) is 17.9. The lowest BCUT2D eigenvalue weighted by atomic mass is 10.2. The van der Waals surface area contributed by atoms with Gasteiger partial charge in [-0.25, -0.2) is 5.43 Å². The highest BCUT2D eigenvalue weighted by molar-refractivity contribution is 6.39. The molecule has 0 aliphatic carbocycles. The van der Waals surface area contributed by atoms with E-state index in [0.717, 1.165) is 18.4 Å². The van der Waals surface area contributed by atoms with E-state index in [0.29, 0.717) is 45.2 Å². The molecule has 0 bridgehead atoms. The molecule has 0 saturated heterocycles. The molecule has 37 heavy (non-hydrogen) atoms. The number of methoxy groups -OCH3 is 1. The zero-order chi connectivity index (χ0) is 26.6. The second-order valence-electron chi connectivity index (χ2n) is 7.83. The normalized spacial score (nSPS) is 10.7. The van der Waals surface area contributed by atoms with E-state index in [2.05, 4.69) is 22.8 Å². The fourth-order valence-electron chi connectivity index (χ4n) is 3.06. The number of hydrogen-bond donors (Lipinski definition) is 2. The van der Waals surface area contributed by atoms with Crippen LogP contribution >= 0.6 is 23.2 Å². The van der Waals surface area contributed by atoms with E-state index in [4.69, 9.17) is 37.4 Å². The number of unbranched alkanes of at least 4 members (excludes halogenated alkanes) is 1. The Bertz CT molecular complexity index is 1230. The number of nitrogens with one attached hydrogen (secondary N) is 2. The minimum atomic E-state index is -0.930. The molecule has 194 valence electrons. The van der Waals surface area contributed by atoms with Gasteiger partial charge in [-0.2, -0.15) is 5.10 Å². The maximum Gasteiger partial charge on any atom is 0.329 e. The Morgan fingerprint density at radius 1 is 0.973 bits per heavy atom. The van der Waals surface area contributed by atoms with E-state index in [9.17, 15) is 9.59 Å². The quantitative estimate of drug-likeness (QED) is 0.137. The van der Waals surface area contributed by atoms with Crippen molar-refractivity contribution in [3.8, 4) is 17.2 Å². The van der Waals surface area contributed by atoms with E-state index in [-0.39, 0.29) is 6.61 Å². The number of rotatable bonds is 11. The molecule has 0 aromatic heterocycles. The summed E-state index contributed by atoms with van der Waals surface area (Å²) in [5, 5.41) is 7.27. The van der Waals surface area contributed by atoms with Crippen LogP contribution in [0.2, 0.25) is 10.0 Å². The SMILES string of the molecule is CCCCOc1ccc(NC(=O)C(=O)N/N=C\c2cc(Cl)c(OCc3ccc(Cl)cc3)c(OC)c2)cc1. The molecule has 0 saturated carbocycles. The third-order valence-corrected chi connectivity index (χ3v) is 5.55. The molecule has 8 nitrogen and oxygen atoms in total. The second kappa shape index (κ2) is 14.1. The Balaban J connectivity index is 1.54. The number of halogens is 2. The number of ether oxygens (including phenoxy) is 3. The van der Waals surface area contributed by atoms with Gasteiger partial charge in [0.1, 0.15) is 12.4 Å². The molecule has 2 N–H and O–H groups in total. The molecule has 0 unspecified atom stereocenters. The van der Waals surface area contributed by atoms with Crippen molar-refractivity contribution in [1.82, 2.24) is 5.43 Å². The van der Waals surface area contributed by atoms with Crippen molar-refractivity contribution in [3.63, 3.8) is 0 Å². The fourth-order valence-corrected chi connectivity index (χ4v) is 3.46. The van der Waals surface area contributed by atoms with Crippen LogP contribution in [0.15, 0.2) is 65.8 Å². The Morgan fingerprint density at radius 3 is 2.38 bits per heavy atom. The summed E-state index contributed by atoms with van der Waals surface area (Å²) in [4.78, 5) is 24.3. The van der Waals surface area contributed by atoms with Gasteiger partial charge in [0.15, 0.2) is 11.5 Å². The largest absolute Gasteiger partial charge is 0.494 e. The summed E-state index contributed by atoms with van der Waals surface area (Å²) in [6.07, 6.45) is 3.34. The van der Waals surface area contributed by atoms with Gasteiger partial charge in [0.25, 0.3) is 0 Å². The summed E-state index contributed by atoms with van der Waals surface area (Å²) in [5.74, 6) is -0.356. The van der Waals surface area contributed by atoms with E-state index in [1.165, 1.54) is 13.3 Å². The molecule has 0 aliphatic rings. The van der Waals surface area contributed by atoms with Gasteiger partial charge in [-0.05, 0) is 66.1 Å². The van der Waals surface area contributed by atoms with Gasteiger partial charge >= 0.3 is 11.8 Å². The maximum absolute atomic E-state index is 12.2. The maximum atomic E-state index is 12.2. The number of carbonyl (C=O) groups is 2. The van der Waals surface area contributed by atoms with Crippen LogP contribution in [0.4, 0.5) is 5.69 Å².